The first-order chi connectivity index (χ1) is 14.2. The van der Waals surface area contributed by atoms with Gasteiger partial charge in [0.1, 0.15) is 0 Å². The molecule has 1 aliphatic rings. The summed E-state index contributed by atoms with van der Waals surface area (Å²) in [5.41, 5.74) is 1.33. The lowest BCUT2D eigenvalue weighted by atomic mass is 10.1. The van der Waals surface area contributed by atoms with E-state index in [1.54, 1.807) is 29.2 Å². The van der Waals surface area contributed by atoms with Crippen molar-refractivity contribution >= 4 is 32.7 Å². The van der Waals surface area contributed by atoms with E-state index >= 15 is 0 Å². The average Bonchev–Trinajstić information content (AvgIpc) is 3.06. The maximum Gasteiger partial charge on any atom is 0.323 e. The Balaban J connectivity index is 1.50. The molecule has 9 nitrogen and oxygen atoms in total. The van der Waals surface area contributed by atoms with Gasteiger partial charge in [-0.15, -0.1) is 0 Å². The molecule has 10 heteroatoms. The Labute approximate surface area is 173 Å². The lowest BCUT2D eigenvalue weighted by Gasteiger charge is -2.35. The van der Waals surface area contributed by atoms with Crippen LogP contribution < -0.4 is 10.4 Å². The van der Waals surface area contributed by atoms with Crippen molar-refractivity contribution in [2.45, 2.75) is 31.0 Å². The van der Waals surface area contributed by atoms with E-state index in [0.29, 0.717) is 35.4 Å². The Hall–Kier alpha value is -3.11. The molecule has 1 aliphatic heterocycles. The molecule has 1 saturated heterocycles. The standard InChI is InChI=1S/C20H22N4O5S/c1-12-10-24(11-13(2)29-12)19(25)14-3-5-15(6-4-14)23-30(27,28)16-7-8-17-18(9-16)22-20(26)21-17/h3-9,12-13,23H,10-11H2,1-2H3,(H2,21,22,26)/t12-,13+. The summed E-state index contributed by atoms with van der Waals surface area (Å²) in [5.74, 6) is -0.117. The summed E-state index contributed by atoms with van der Waals surface area (Å²) < 4.78 is 33.5. The number of benzene rings is 2. The molecule has 0 bridgehead atoms. The summed E-state index contributed by atoms with van der Waals surface area (Å²) >= 11 is 0. The Kier molecular flexibility index (Phi) is 5.12. The van der Waals surface area contributed by atoms with Crippen molar-refractivity contribution in [1.82, 2.24) is 14.9 Å². The van der Waals surface area contributed by atoms with Gasteiger partial charge in [0.25, 0.3) is 15.9 Å². The fraction of sp³-hybridized carbons (Fsp3) is 0.300. The van der Waals surface area contributed by atoms with Gasteiger partial charge < -0.3 is 19.6 Å². The molecule has 30 heavy (non-hydrogen) atoms. The molecule has 0 radical (unpaired) electrons. The molecule has 1 fully saturated rings. The maximum atomic E-state index is 12.7. The predicted octanol–water partition coefficient (Wildman–Crippen LogP) is 1.91. The zero-order valence-electron chi connectivity index (χ0n) is 16.5. The lowest BCUT2D eigenvalue weighted by Crippen LogP contribution is -2.48. The zero-order chi connectivity index (χ0) is 21.5. The Bertz CT molecular complexity index is 1240. The largest absolute Gasteiger partial charge is 0.372 e. The molecule has 3 N–H and O–H groups in total. The first-order valence-corrected chi connectivity index (χ1v) is 11.0. The number of aromatic amines is 2. The molecule has 1 aromatic heterocycles. The molecule has 2 heterocycles. The van der Waals surface area contributed by atoms with Crippen molar-refractivity contribution in [3.8, 4) is 0 Å². The van der Waals surface area contributed by atoms with E-state index in [1.165, 1.54) is 18.2 Å². The third-order valence-electron chi connectivity index (χ3n) is 4.89. The molecule has 0 aliphatic carbocycles. The van der Waals surface area contributed by atoms with Crippen molar-refractivity contribution in [2.75, 3.05) is 17.8 Å². The van der Waals surface area contributed by atoms with Crippen LogP contribution in [0.3, 0.4) is 0 Å². The average molecular weight is 430 g/mol. The number of hydrogen-bond acceptors (Lipinski definition) is 5. The number of aromatic nitrogens is 2. The van der Waals surface area contributed by atoms with Crippen molar-refractivity contribution in [1.29, 1.82) is 0 Å². The number of rotatable bonds is 4. The van der Waals surface area contributed by atoms with Gasteiger partial charge in [0.05, 0.1) is 28.1 Å². The number of nitrogens with zero attached hydrogens (tertiary/aromatic N) is 1. The van der Waals surface area contributed by atoms with Crippen molar-refractivity contribution in [2.24, 2.45) is 0 Å². The molecule has 158 valence electrons. The Morgan fingerprint density at radius 1 is 1.03 bits per heavy atom. The zero-order valence-corrected chi connectivity index (χ0v) is 17.3. The van der Waals surface area contributed by atoms with E-state index < -0.39 is 15.7 Å². The van der Waals surface area contributed by atoms with Crippen LogP contribution in [0.15, 0.2) is 52.2 Å². The second-order valence-corrected chi connectivity index (χ2v) is 9.12. The van der Waals surface area contributed by atoms with Gasteiger partial charge in [-0.25, -0.2) is 13.2 Å². The quantitative estimate of drug-likeness (QED) is 0.583. The predicted molar refractivity (Wildman–Crippen MR) is 112 cm³/mol. The summed E-state index contributed by atoms with van der Waals surface area (Å²) in [6, 6.07) is 10.6. The van der Waals surface area contributed by atoms with Gasteiger partial charge in [-0.2, -0.15) is 0 Å². The molecule has 0 unspecified atom stereocenters. The highest BCUT2D eigenvalue weighted by Gasteiger charge is 2.26. The number of nitrogens with one attached hydrogen (secondary N) is 3. The van der Waals surface area contributed by atoms with Crippen molar-refractivity contribution in [3.63, 3.8) is 0 Å². The lowest BCUT2D eigenvalue weighted by molar-refractivity contribution is -0.0586. The smallest absolute Gasteiger partial charge is 0.323 e. The van der Waals surface area contributed by atoms with Crippen LogP contribution in [-0.4, -0.2) is 54.5 Å². The number of morpholine rings is 1. The maximum absolute atomic E-state index is 12.7. The summed E-state index contributed by atoms with van der Waals surface area (Å²) in [6.07, 6.45) is -0.0628. The Morgan fingerprint density at radius 2 is 1.67 bits per heavy atom. The van der Waals surface area contributed by atoms with Crippen molar-refractivity contribution in [3.05, 3.63) is 58.5 Å². The van der Waals surface area contributed by atoms with Gasteiger partial charge in [-0.05, 0) is 56.3 Å². The highest BCUT2D eigenvalue weighted by molar-refractivity contribution is 7.92. The molecular formula is C20H22N4O5S. The molecule has 4 rings (SSSR count). The summed E-state index contributed by atoms with van der Waals surface area (Å²) in [6.45, 7) is 4.88. The number of hydrogen-bond donors (Lipinski definition) is 3. The molecule has 0 spiro atoms. The van der Waals surface area contributed by atoms with Crippen molar-refractivity contribution < 1.29 is 17.9 Å². The van der Waals surface area contributed by atoms with Gasteiger partial charge >= 0.3 is 5.69 Å². The number of anilines is 1. The molecule has 2 atom stereocenters. The fourth-order valence-corrected chi connectivity index (χ4v) is 4.68. The normalized spacial score (nSPS) is 19.7. The minimum atomic E-state index is -3.86. The number of carbonyl (C=O) groups is 1. The third kappa shape index (κ3) is 4.10. The van der Waals surface area contributed by atoms with Crippen LogP contribution in [0.4, 0.5) is 5.69 Å². The molecule has 1 amide bonds. The van der Waals surface area contributed by atoms with Crippen LogP contribution >= 0.6 is 0 Å². The highest BCUT2D eigenvalue weighted by atomic mass is 32.2. The molecular weight excluding hydrogens is 408 g/mol. The summed E-state index contributed by atoms with van der Waals surface area (Å²) in [4.78, 5) is 31.0. The minimum Gasteiger partial charge on any atom is -0.372 e. The summed E-state index contributed by atoms with van der Waals surface area (Å²) in [7, 11) is -3.86. The van der Waals surface area contributed by atoms with E-state index in [0.717, 1.165) is 0 Å². The molecule has 3 aromatic rings. The number of H-pyrrole nitrogens is 2. The number of imidazole rings is 1. The minimum absolute atomic E-state index is 0.0155. The summed E-state index contributed by atoms with van der Waals surface area (Å²) in [5, 5.41) is 0. The fourth-order valence-electron chi connectivity index (χ4n) is 3.60. The SMILES string of the molecule is C[C@@H]1CN(C(=O)c2ccc(NS(=O)(=O)c3ccc4[nH]c(=O)[nH]c4c3)cc2)C[C@H](C)O1. The van der Waals surface area contributed by atoms with Gasteiger partial charge in [-0.3, -0.25) is 9.52 Å². The van der Waals surface area contributed by atoms with Crippen LogP contribution in [0.25, 0.3) is 11.0 Å². The first kappa shape index (κ1) is 20.2. The van der Waals surface area contributed by atoms with Gasteiger partial charge in [0, 0.05) is 24.3 Å². The third-order valence-corrected chi connectivity index (χ3v) is 6.27. The number of sulfonamides is 1. The first-order valence-electron chi connectivity index (χ1n) is 9.51. The number of fused-ring (bicyclic) bond motifs is 1. The van der Waals surface area contributed by atoms with Gasteiger partial charge in [0.15, 0.2) is 0 Å². The highest BCUT2D eigenvalue weighted by Crippen LogP contribution is 2.20. The van der Waals surface area contributed by atoms with E-state index in [-0.39, 0.29) is 23.0 Å². The number of amides is 1. The number of carbonyl (C=O) groups excluding carboxylic acids is 1. The monoisotopic (exact) mass is 430 g/mol. The van der Waals surface area contributed by atoms with Crippen LogP contribution in [0.1, 0.15) is 24.2 Å². The topological polar surface area (TPSA) is 124 Å². The van der Waals surface area contributed by atoms with E-state index in [1.807, 2.05) is 13.8 Å². The number of ether oxygens (including phenoxy) is 1. The van der Waals surface area contributed by atoms with Crippen LogP contribution in [0.5, 0.6) is 0 Å². The Morgan fingerprint density at radius 3 is 2.33 bits per heavy atom. The molecule has 2 aromatic carbocycles. The molecule has 0 saturated carbocycles. The van der Waals surface area contributed by atoms with Crippen LogP contribution in [-0.2, 0) is 14.8 Å². The van der Waals surface area contributed by atoms with Crippen LogP contribution in [0.2, 0.25) is 0 Å². The van der Waals surface area contributed by atoms with E-state index in [9.17, 15) is 18.0 Å². The van der Waals surface area contributed by atoms with E-state index in [2.05, 4.69) is 14.7 Å². The van der Waals surface area contributed by atoms with E-state index in [4.69, 9.17) is 4.74 Å². The van der Waals surface area contributed by atoms with Crippen LogP contribution in [0, 0.1) is 0 Å². The second kappa shape index (κ2) is 7.62. The van der Waals surface area contributed by atoms with Gasteiger partial charge in [-0.1, -0.05) is 0 Å². The second-order valence-electron chi connectivity index (χ2n) is 7.44. The van der Waals surface area contributed by atoms with Gasteiger partial charge in [0.2, 0.25) is 0 Å².